The topological polar surface area (TPSA) is 3.24 Å². The molecule has 1 nitrogen and oxygen atoms in total. The molecule has 0 saturated heterocycles. The summed E-state index contributed by atoms with van der Waals surface area (Å²) < 4.78 is 0. The van der Waals surface area contributed by atoms with Crippen LogP contribution < -0.4 is 4.90 Å². The average molecular weight is 700 g/mol. The summed E-state index contributed by atoms with van der Waals surface area (Å²) >= 11 is 0. The summed E-state index contributed by atoms with van der Waals surface area (Å²) in [6.07, 6.45) is 17.2. The molecule has 258 valence electrons. The molecular formula is C54H37N. The van der Waals surface area contributed by atoms with E-state index in [0.717, 1.165) is 23.5 Å². The first-order valence-corrected chi connectivity index (χ1v) is 19.3. The lowest BCUT2D eigenvalue weighted by Gasteiger charge is -2.26. The van der Waals surface area contributed by atoms with Crippen molar-refractivity contribution in [3.63, 3.8) is 0 Å². The largest absolute Gasteiger partial charge is 0.311 e. The molecule has 0 radical (unpaired) electrons. The monoisotopic (exact) mass is 699 g/mol. The number of nitrogens with zero attached hydrogens (tertiary/aromatic N) is 1. The molecule has 0 aromatic heterocycles. The van der Waals surface area contributed by atoms with Gasteiger partial charge in [-0.2, -0.15) is 0 Å². The van der Waals surface area contributed by atoms with E-state index in [1.807, 2.05) is 0 Å². The molecule has 11 rings (SSSR count). The molecule has 0 heterocycles. The highest BCUT2D eigenvalue weighted by molar-refractivity contribution is 6.24. The molecule has 0 N–H and O–H groups in total. The van der Waals surface area contributed by atoms with E-state index in [2.05, 4.69) is 211 Å². The van der Waals surface area contributed by atoms with Gasteiger partial charge in [-0.3, -0.25) is 0 Å². The van der Waals surface area contributed by atoms with Crippen molar-refractivity contribution in [2.24, 2.45) is 0 Å². The van der Waals surface area contributed by atoms with Crippen molar-refractivity contribution in [2.45, 2.75) is 12.3 Å². The molecular weight excluding hydrogens is 663 g/mol. The maximum atomic E-state index is 2.38. The molecule has 55 heavy (non-hydrogen) atoms. The van der Waals surface area contributed by atoms with Crippen molar-refractivity contribution in [3.05, 3.63) is 221 Å². The Hall–Kier alpha value is -6.96. The second-order valence-electron chi connectivity index (χ2n) is 14.9. The van der Waals surface area contributed by atoms with Crippen molar-refractivity contribution >= 4 is 84.0 Å². The van der Waals surface area contributed by atoms with Gasteiger partial charge in [-0.1, -0.05) is 170 Å². The quantitative estimate of drug-likeness (QED) is 0.118. The lowest BCUT2D eigenvalue weighted by molar-refractivity contribution is 1.06. The van der Waals surface area contributed by atoms with Crippen LogP contribution in [0.3, 0.4) is 0 Å². The smallest absolute Gasteiger partial charge is 0.0462 e. The van der Waals surface area contributed by atoms with Crippen LogP contribution in [0.15, 0.2) is 188 Å². The zero-order valence-electron chi connectivity index (χ0n) is 30.4. The summed E-state index contributed by atoms with van der Waals surface area (Å²) in [5.74, 6) is 0.240. The average Bonchev–Trinajstić information content (AvgIpc) is 3.25. The highest BCUT2D eigenvalue weighted by atomic mass is 15.1. The van der Waals surface area contributed by atoms with Gasteiger partial charge in [-0.25, -0.2) is 0 Å². The van der Waals surface area contributed by atoms with Gasteiger partial charge < -0.3 is 4.90 Å². The summed E-state index contributed by atoms with van der Waals surface area (Å²) in [4.78, 5) is 2.33. The Bertz CT molecular complexity index is 3020. The molecule has 1 atom stereocenters. The first-order chi connectivity index (χ1) is 27.2. The predicted octanol–water partition coefficient (Wildman–Crippen LogP) is 14.7. The third-order valence-electron chi connectivity index (χ3n) is 11.7. The zero-order chi connectivity index (χ0) is 36.3. The molecule has 2 aliphatic rings. The van der Waals surface area contributed by atoms with Crippen LogP contribution in [-0.4, -0.2) is 0 Å². The Morgan fingerprint density at radius 2 is 1.09 bits per heavy atom. The summed E-state index contributed by atoms with van der Waals surface area (Å²) in [7, 11) is 0. The second kappa shape index (κ2) is 12.9. The second-order valence-corrected chi connectivity index (χ2v) is 14.9. The SMILES string of the molecule is C1=CC(C=Cc2ccc(N(c3ccccc3)c3ccc(C=Cc4ccc5ccc6cccc7ccc4c5c67)cc3)cc2)c2ccc3cccc4c3c2C1=CC4. The van der Waals surface area contributed by atoms with Gasteiger partial charge in [-0.05, 0) is 125 Å². The summed E-state index contributed by atoms with van der Waals surface area (Å²) in [6, 6.07) is 59.9. The Labute approximate surface area is 321 Å². The Morgan fingerprint density at radius 3 is 1.85 bits per heavy atom. The number of hydrogen-bond acceptors (Lipinski definition) is 1. The predicted molar refractivity (Wildman–Crippen MR) is 237 cm³/mol. The molecule has 1 heteroatoms. The molecule has 0 saturated carbocycles. The van der Waals surface area contributed by atoms with E-state index in [1.54, 1.807) is 0 Å². The van der Waals surface area contributed by atoms with Gasteiger partial charge in [0.05, 0.1) is 0 Å². The molecule has 9 aromatic carbocycles. The molecule has 2 aliphatic carbocycles. The number of anilines is 3. The lowest BCUT2D eigenvalue weighted by Crippen LogP contribution is -2.09. The van der Waals surface area contributed by atoms with Crippen LogP contribution in [0, 0.1) is 0 Å². The maximum Gasteiger partial charge on any atom is 0.0462 e. The van der Waals surface area contributed by atoms with E-state index in [-0.39, 0.29) is 5.92 Å². The van der Waals surface area contributed by atoms with Crippen molar-refractivity contribution < 1.29 is 0 Å². The first-order valence-electron chi connectivity index (χ1n) is 19.3. The number of allylic oxidation sites excluding steroid dienone is 5. The van der Waals surface area contributed by atoms with Gasteiger partial charge >= 0.3 is 0 Å². The minimum Gasteiger partial charge on any atom is -0.311 e. The minimum absolute atomic E-state index is 0.240. The van der Waals surface area contributed by atoms with Crippen LogP contribution in [0.4, 0.5) is 17.1 Å². The van der Waals surface area contributed by atoms with Gasteiger partial charge in [0.1, 0.15) is 0 Å². The van der Waals surface area contributed by atoms with Crippen molar-refractivity contribution in [2.75, 3.05) is 4.90 Å². The summed E-state index contributed by atoms with van der Waals surface area (Å²) in [6.45, 7) is 0. The molecule has 0 fully saturated rings. The van der Waals surface area contributed by atoms with Crippen molar-refractivity contribution in [1.29, 1.82) is 0 Å². The standard InChI is InChI=1S/C54H37N/c1-2-10-46(11-3-1)55(47-30-14-36(15-31-47)12-18-38-20-22-44-26-24-40-6-4-8-42-28-34-49(38)53(44)51(40)42)48-32-16-37(17-33-48)13-19-39-21-23-45-27-25-41-7-5-9-43-29-35-50(39)54(45)52(41)43/h1-24,26-35,39H,25H2. The molecule has 1 unspecified atom stereocenters. The van der Waals surface area contributed by atoms with Crippen LogP contribution in [-0.2, 0) is 6.42 Å². The Balaban J connectivity index is 0.872. The Kier molecular flexibility index (Phi) is 7.38. The van der Waals surface area contributed by atoms with E-state index < -0.39 is 0 Å². The lowest BCUT2D eigenvalue weighted by atomic mass is 9.78. The fourth-order valence-electron chi connectivity index (χ4n) is 8.98. The number of rotatable bonds is 7. The van der Waals surface area contributed by atoms with E-state index in [0.29, 0.717) is 0 Å². The van der Waals surface area contributed by atoms with Gasteiger partial charge in [0.15, 0.2) is 0 Å². The van der Waals surface area contributed by atoms with Crippen LogP contribution in [0.25, 0.3) is 66.9 Å². The van der Waals surface area contributed by atoms with Gasteiger partial charge in [0.25, 0.3) is 0 Å². The van der Waals surface area contributed by atoms with Crippen molar-refractivity contribution in [1.82, 2.24) is 0 Å². The van der Waals surface area contributed by atoms with Gasteiger partial charge in [0.2, 0.25) is 0 Å². The molecule has 0 aliphatic heterocycles. The Morgan fingerprint density at radius 1 is 0.473 bits per heavy atom. The summed E-state index contributed by atoms with van der Waals surface area (Å²) in [5.41, 5.74) is 12.6. The van der Waals surface area contributed by atoms with E-state index >= 15 is 0 Å². The van der Waals surface area contributed by atoms with E-state index in [9.17, 15) is 0 Å². The first kappa shape index (κ1) is 31.6. The van der Waals surface area contributed by atoms with Crippen LogP contribution >= 0.6 is 0 Å². The molecule has 0 bridgehead atoms. The number of benzene rings is 9. The molecule has 0 amide bonds. The van der Waals surface area contributed by atoms with Gasteiger partial charge in [0, 0.05) is 23.0 Å². The zero-order valence-corrected chi connectivity index (χ0v) is 30.4. The summed E-state index contributed by atoms with van der Waals surface area (Å²) in [5, 5.41) is 10.6. The molecule has 0 spiro atoms. The normalized spacial score (nSPS) is 14.9. The van der Waals surface area contributed by atoms with E-state index in [4.69, 9.17) is 0 Å². The fourth-order valence-corrected chi connectivity index (χ4v) is 8.98. The van der Waals surface area contributed by atoms with Gasteiger partial charge in [-0.15, -0.1) is 0 Å². The highest BCUT2D eigenvalue weighted by Gasteiger charge is 2.23. The van der Waals surface area contributed by atoms with E-state index in [1.165, 1.54) is 82.0 Å². The van der Waals surface area contributed by atoms with Crippen LogP contribution in [0.5, 0.6) is 0 Å². The van der Waals surface area contributed by atoms with Crippen molar-refractivity contribution in [3.8, 4) is 0 Å². The van der Waals surface area contributed by atoms with Crippen LogP contribution in [0.2, 0.25) is 0 Å². The number of hydrogen-bond donors (Lipinski definition) is 0. The highest BCUT2D eigenvalue weighted by Crippen LogP contribution is 2.43. The third-order valence-corrected chi connectivity index (χ3v) is 11.7. The minimum atomic E-state index is 0.240. The fraction of sp³-hybridized carbons (Fsp3) is 0.0370. The number of para-hydroxylation sites is 1. The molecule has 9 aromatic rings. The third kappa shape index (κ3) is 5.39. The van der Waals surface area contributed by atoms with Crippen LogP contribution in [0.1, 0.15) is 39.3 Å². The maximum absolute atomic E-state index is 2.38.